The van der Waals surface area contributed by atoms with Gasteiger partial charge in [0, 0.05) is 44.2 Å². The largest absolute Gasteiger partial charge is 0.497 e. The molecule has 9 heteroatoms. The van der Waals surface area contributed by atoms with Crippen molar-refractivity contribution in [2.24, 2.45) is 7.05 Å². The normalized spacial score (nSPS) is 13.1. The van der Waals surface area contributed by atoms with Crippen molar-refractivity contribution in [2.75, 3.05) is 13.7 Å². The predicted molar refractivity (Wildman–Crippen MR) is 127 cm³/mol. The molecule has 174 valence electrons. The molecule has 5 rings (SSSR count). The molecular formula is C25H24ClN5O3. The van der Waals surface area contributed by atoms with E-state index in [0.717, 1.165) is 29.0 Å². The summed E-state index contributed by atoms with van der Waals surface area (Å²) in [5, 5.41) is 13.6. The third-order valence-electron chi connectivity index (χ3n) is 6.11. The molecule has 4 aromatic rings. The summed E-state index contributed by atoms with van der Waals surface area (Å²) >= 11 is 6.28. The van der Waals surface area contributed by atoms with Crippen molar-refractivity contribution in [1.29, 1.82) is 0 Å². The number of ether oxygens (including phenoxy) is 1. The molecule has 8 nitrogen and oxygen atoms in total. The van der Waals surface area contributed by atoms with Gasteiger partial charge < -0.3 is 14.1 Å². The fourth-order valence-electron chi connectivity index (χ4n) is 4.24. The maximum absolute atomic E-state index is 13.0. The number of methoxy groups -OCH3 is 1. The Balaban J connectivity index is 1.33. The molecule has 0 saturated carbocycles. The van der Waals surface area contributed by atoms with Crippen LogP contribution in [0.15, 0.2) is 52.9 Å². The summed E-state index contributed by atoms with van der Waals surface area (Å²) in [5.41, 5.74) is 4.40. The molecule has 0 spiro atoms. The molecule has 0 radical (unpaired) electrons. The van der Waals surface area contributed by atoms with Gasteiger partial charge in [0.15, 0.2) is 5.69 Å². The zero-order valence-corrected chi connectivity index (χ0v) is 19.7. The third-order valence-corrected chi connectivity index (χ3v) is 6.44. The Labute approximate surface area is 202 Å². The van der Waals surface area contributed by atoms with E-state index >= 15 is 0 Å². The van der Waals surface area contributed by atoms with E-state index in [1.807, 2.05) is 59.1 Å². The quantitative estimate of drug-likeness (QED) is 0.411. The second-order valence-electron chi connectivity index (χ2n) is 8.20. The summed E-state index contributed by atoms with van der Waals surface area (Å²) in [6.07, 6.45) is 1.84. The van der Waals surface area contributed by atoms with Crippen molar-refractivity contribution in [1.82, 2.24) is 24.9 Å². The summed E-state index contributed by atoms with van der Waals surface area (Å²) in [7, 11) is 3.54. The van der Waals surface area contributed by atoms with E-state index in [4.69, 9.17) is 20.8 Å². The number of aryl methyl sites for hydroxylation is 2. The highest BCUT2D eigenvalue weighted by Crippen LogP contribution is 2.32. The first-order chi connectivity index (χ1) is 16.5. The average Bonchev–Trinajstić information content (AvgIpc) is 3.47. The summed E-state index contributed by atoms with van der Waals surface area (Å²) in [6.45, 7) is 1.12. The van der Waals surface area contributed by atoms with Crippen LogP contribution in [0.5, 0.6) is 5.75 Å². The molecule has 0 atom stereocenters. The van der Waals surface area contributed by atoms with Crippen LogP contribution in [0.2, 0.25) is 5.02 Å². The van der Waals surface area contributed by atoms with E-state index in [-0.39, 0.29) is 5.91 Å². The number of halogens is 1. The molecule has 0 N–H and O–H groups in total. The topological polar surface area (TPSA) is 86.3 Å². The molecule has 0 unspecified atom stereocenters. The molecule has 2 aromatic carbocycles. The van der Waals surface area contributed by atoms with Crippen molar-refractivity contribution in [3.63, 3.8) is 0 Å². The smallest absolute Gasteiger partial charge is 0.268 e. The molecule has 0 fully saturated rings. The van der Waals surface area contributed by atoms with Crippen molar-refractivity contribution >= 4 is 17.5 Å². The van der Waals surface area contributed by atoms with E-state index in [1.165, 1.54) is 0 Å². The summed E-state index contributed by atoms with van der Waals surface area (Å²) < 4.78 is 13.0. The lowest BCUT2D eigenvalue weighted by Gasteiger charge is -2.27. The van der Waals surface area contributed by atoms with Crippen LogP contribution in [-0.2, 0) is 31.2 Å². The van der Waals surface area contributed by atoms with Gasteiger partial charge in [-0.05, 0) is 36.2 Å². The van der Waals surface area contributed by atoms with Gasteiger partial charge in [-0.25, -0.2) is 0 Å². The summed E-state index contributed by atoms with van der Waals surface area (Å²) in [4.78, 5) is 14.9. The van der Waals surface area contributed by atoms with Crippen LogP contribution in [0.3, 0.4) is 0 Å². The minimum Gasteiger partial charge on any atom is -0.497 e. The lowest BCUT2D eigenvalue weighted by molar-refractivity contribution is -0.132. The first-order valence-electron chi connectivity index (χ1n) is 11.1. The van der Waals surface area contributed by atoms with Gasteiger partial charge in [-0.2, -0.15) is 5.10 Å². The Morgan fingerprint density at radius 2 is 1.88 bits per heavy atom. The number of carbonyl (C=O) groups excluding carboxylic acids is 1. The average molecular weight is 478 g/mol. The highest BCUT2D eigenvalue weighted by molar-refractivity contribution is 6.33. The van der Waals surface area contributed by atoms with Crippen LogP contribution in [-0.4, -0.2) is 44.4 Å². The molecule has 1 aliphatic heterocycles. The first kappa shape index (κ1) is 22.2. The Morgan fingerprint density at radius 3 is 2.65 bits per heavy atom. The van der Waals surface area contributed by atoms with Gasteiger partial charge in [-0.1, -0.05) is 35.9 Å². The monoisotopic (exact) mass is 477 g/mol. The molecule has 1 amide bonds. The van der Waals surface area contributed by atoms with Crippen molar-refractivity contribution < 1.29 is 13.9 Å². The molecular weight excluding hydrogens is 454 g/mol. The van der Waals surface area contributed by atoms with Crippen LogP contribution in [0.25, 0.3) is 23.0 Å². The van der Waals surface area contributed by atoms with E-state index in [0.29, 0.717) is 54.0 Å². The minimum atomic E-state index is 0.110. The molecule has 2 aromatic heterocycles. The molecule has 3 heterocycles. The second-order valence-corrected chi connectivity index (χ2v) is 8.61. The third kappa shape index (κ3) is 4.28. The van der Waals surface area contributed by atoms with E-state index < -0.39 is 0 Å². The molecule has 0 bridgehead atoms. The SMILES string of the molecule is COc1ccc(CCC(=O)N2CCc3c(c(-c4nnc(-c5ccccc5Cl)o4)nn3C)C2)cc1. The van der Waals surface area contributed by atoms with Gasteiger partial charge in [0.1, 0.15) is 5.75 Å². The number of carbonyl (C=O) groups is 1. The maximum atomic E-state index is 13.0. The van der Waals surface area contributed by atoms with Gasteiger partial charge in [0.2, 0.25) is 11.8 Å². The number of aromatic nitrogens is 4. The highest BCUT2D eigenvalue weighted by atomic mass is 35.5. The standard InChI is InChI=1S/C25H24ClN5O3/c1-30-21-13-14-31(22(32)12-9-16-7-10-17(33-2)11-8-16)15-19(21)23(29-30)25-28-27-24(34-25)18-5-3-4-6-20(18)26/h3-8,10-11H,9,12-15H2,1-2H3. The molecule has 0 aliphatic carbocycles. The highest BCUT2D eigenvalue weighted by Gasteiger charge is 2.29. The Kier molecular flexibility index (Phi) is 6.06. The fraction of sp³-hybridized carbons (Fsp3) is 0.280. The van der Waals surface area contributed by atoms with Gasteiger partial charge in [0.25, 0.3) is 5.89 Å². The van der Waals surface area contributed by atoms with Gasteiger partial charge in [-0.15, -0.1) is 10.2 Å². The number of hydrogen-bond donors (Lipinski definition) is 0. The number of hydrogen-bond acceptors (Lipinski definition) is 6. The van der Waals surface area contributed by atoms with E-state index in [9.17, 15) is 4.79 Å². The Bertz CT molecular complexity index is 1330. The van der Waals surface area contributed by atoms with Crippen LogP contribution in [0, 0.1) is 0 Å². The Morgan fingerprint density at radius 1 is 1.12 bits per heavy atom. The number of fused-ring (bicyclic) bond motifs is 1. The summed E-state index contributed by atoms with van der Waals surface area (Å²) in [5.74, 6) is 1.57. The zero-order chi connectivity index (χ0) is 23.7. The van der Waals surface area contributed by atoms with Gasteiger partial charge in [-0.3, -0.25) is 9.48 Å². The Hall–Kier alpha value is -3.65. The van der Waals surface area contributed by atoms with E-state index in [2.05, 4.69) is 15.3 Å². The minimum absolute atomic E-state index is 0.110. The predicted octanol–water partition coefficient (Wildman–Crippen LogP) is 4.32. The molecule has 34 heavy (non-hydrogen) atoms. The van der Waals surface area contributed by atoms with Crippen LogP contribution in [0.4, 0.5) is 0 Å². The van der Waals surface area contributed by atoms with Gasteiger partial charge in [0.05, 0.1) is 17.7 Å². The lowest BCUT2D eigenvalue weighted by Crippen LogP contribution is -2.36. The van der Waals surface area contributed by atoms with Crippen molar-refractivity contribution in [3.8, 4) is 28.8 Å². The number of benzene rings is 2. The number of amides is 1. The number of rotatable bonds is 6. The zero-order valence-electron chi connectivity index (χ0n) is 19.0. The van der Waals surface area contributed by atoms with Crippen molar-refractivity contribution in [3.05, 3.63) is 70.4 Å². The van der Waals surface area contributed by atoms with Gasteiger partial charge >= 0.3 is 0 Å². The second kappa shape index (κ2) is 9.30. The van der Waals surface area contributed by atoms with Crippen LogP contribution < -0.4 is 4.74 Å². The molecule has 0 saturated heterocycles. The molecule has 1 aliphatic rings. The van der Waals surface area contributed by atoms with Crippen LogP contribution >= 0.6 is 11.6 Å². The maximum Gasteiger partial charge on any atom is 0.268 e. The number of nitrogens with zero attached hydrogens (tertiary/aromatic N) is 5. The van der Waals surface area contributed by atoms with Crippen molar-refractivity contribution in [2.45, 2.75) is 25.8 Å². The first-order valence-corrected chi connectivity index (χ1v) is 11.5. The van der Waals surface area contributed by atoms with Crippen LogP contribution in [0.1, 0.15) is 23.2 Å². The van der Waals surface area contributed by atoms with E-state index in [1.54, 1.807) is 13.2 Å². The fourth-order valence-corrected chi connectivity index (χ4v) is 4.46. The summed E-state index contributed by atoms with van der Waals surface area (Å²) in [6, 6.07) is 15.1. The lowest BCUT2D eigenvalue weighted by atomic mass is 10.0.